The summed E-state index contributed by atoms with van der Waals surface area (Å²) in [6.07, 6.45) is 3.87. The lowest BCUT2D eigenvalue weighted by Gasteiger charge is -2.14. The minimum atomic E-state index is -0.504. The van der Waals surface area contributed by atoms with Gasteiger partial charge in [-0.2, -0.15) is 0 Å². The van der Waals surface area contributed by atoms with Crippen molar-refractivity contribution in [2.45, 2.75) is 20.0 Å². The van der Waals surface area contributed by atoms with Gasteiger partial charge in [0.2, 0.25) is 0 Å². The summed E-state index contributed by atoms with van der Waals surface area (Å²) in [6.45, 7) is 4.58. The van der Waals surface area contributed by atoms with E-state index in [1.165, 1.54) is 17.3 Å². The van der Waals surface area contributed by atoms with Gasteiger partial charge in [0.05, 0.1) is 24.2 Å². The second-order valence-electron chi connectivity index (χ2n) is 4.46. The molecule has 7 heteroatoms. The number of ether oxygens (including phenoxy) is 1. The van der Waals surface area contributed by atoms with Crippen molar-refractivity contribution in [2.75, 3.05) is 18.0 Å². The molecule has 118 valence electrons. The number of aromatic nitrogens is 2. The van der Waals surface area contributed by atoms with Gasteiger partial charge in [0, 0.05) is 18.9 Å². The fourth-order valence-electron chi connectivity index (χ4n) is 2.13. The number of imidazole rings is 1. The predicted octanol–water partition coefficient (Wildman–Crippen LogP) is 2.32. The lowest BCUT2D eigenvalue weighted by molar-refractivity contribution is 0.145. The van der Waals surface area contributed by atoms with Crippen molar-refractivity contribution in [3.8, 4) is 5.69 Å². The van der Waals surface area contributed by atoms with E-state index in [0.29, 0.717) is 17.9 Å². The Bertz CT molecular complexity index is 630. The molecule has 1 aromatic heterocycles. The molecule has 6 nitrogen and oxygen atoms in total. The highest BCUT2D eigenvalue weighted by molar-refractivity contribution is 5.89. The zero-order chi connectivity index (χ0) is 16.1. The van der Waals surface area contributed by atoms with Crippen LogP contribution in [0.1, 0.15) is 13.8 Å². The van der Waals surface area contributed by atoms with Crippen LogP contribution in [0.5, 0.6) is 0 Å². The molecule has 1 aromatic carbocycles. The van der Waals surface area contributed by atoms with Gasteiger partial charge in [-0.05, 0) is 18.2 Å². The summed E-state index contributed by atoms with van der Waals surface area (Å²) >= 11 is 0. The first-order valence-corrected chi connectivity index (χ1v) is 7.15. The molecule has 0 saturated carbocycles. The van der Waals surface area contributed by atoms with Crippen LogP contribution < -0.4 is 10.6 Å². The lowest BCUT2D eigenvalue weighted by atomic mass is 10.2. The van der Waals surface area contributed by atoms with Crippen LogP contribution in [0.2, 0.25) is 0 Å². The van der Waals surface area contributed by atoms with E-state index >= 15 is 0 Å². The molecule has 1 unspecified atom stereocenters. The molecule has 1 amide bonds. The Labute approximate surface area is 128 Å². The van der Waals surface area contributed by atoms with Gasteiger partial charge in [0.15, 0.2) is 0 Å². The van der Waals surface area contributed by atoms with E-state index in [9.17, 15) is 9.18 Å². The highest BCUT2D eigenvalue weighted by Gasteiger charge is 2.31. The maximum atomic E-state index is 14.1. The fourth-order valence-corrected chi connectivity index (χ4v) is 2.13. The predicted molar refractivity (Wildman–Crippen MR) is 81.5 cm³/mol. The minimum absolute atomic E-state index is 0.248. The van der Waals surface area contributed by atoms with E-state index < -0.39 is 11.9 Å². The van der Waals surface area contributed by atoms with Crippen molar-refractivity contribution < 1.29 is 13.9 Å². The van der Waals surface area contributed by atoms with Crippen LogP contribution in [0.15, 0.2) is 36.9 Å². The molecule has 1 fully saturated rings. The van der Waals surface area contributed by atoms with Gasteiger partial charge < -0.3 is 15.0 Å². The first-order chi connectivity index (χ1) is 10.7. The number of nitrogens with two attached hydrogens (primary N) is 1. The second kappa shape index (κ2) is 7.04. The van der Waals surface area contributed by atoms with Gasteiger partial charge in [-0.1, -0.05) is 13.8 Å². The molecule has 2 heterocycles. The number of benzene rings is 1. The Morgan fingerprint density at radius 3 is 2.77 bits per heavy atom. The zero-order valence-electron chi connectivity index (χ0n) is 12.6. The second-order valence-corrected chi connectivity index (χ2v) is 4.46. The first kappa shape index (κ1) is 16.0. The monoisotopic (exact) mass is 306 g/mol. The lowest BCUT2D eigenvalue weighted by Crippen LogP contribution is -2.27. The standard InChI is InChI=1S/C13H13FN4O2.C2H6/c14-11-5-9(18-7-10(6-15)20-13(18)19)1-2-12(11)17-4-3-16-8-17;1-2/h1-5,8,10H,6-7,15H2;1-2H3. The zero-order valence-corrected chi connectivity index (χ0v) is 12.6. The average molecular weight is 306 g/mol. The number of hydrogen-bond donors (Lipinski definition) is 1. The summed E-state index contributed by atoms with van der Waals surface area (Å²) < 4.78 is 20.7. The molecule has 0 spiro atoms. The smallest absolute Gasteiger partial charge is 0.414 e. The molecule has 22 heavy (non-hydrogen) atoms. The number of nitrogens with zero attached hydrogens (tertiary/aromatic N) is 3. The van der Waals surface area contributed by atoms with E-state index in [4.69, 9.17) is 10.5 Å². The summed E-state index contributed by atoms with van der Waals surface area (Å²) in [4.78, 5) is 16.9. The number of halogens is 1. The Hall–Kier alpha value is -2.41. The van der Waals surface area contributed by atoms with E-state index in [1.807, 2.05) is 13.8 Å². The van der Waals surface area contributed by atoms with Crippen molar-refractivity contribution in [3.05, 3.63) is 42.7 Å². The molecule has 0 aliphatic carbocycles. The maximum Gasteiger partial charge on any atom is 0.414 e. The highest BCUT2D eigenvalue weighted by atomic mass is 19.1. The summed E-state index contributed by atoms with van der Waals surface area (Å²) in [5.41, 5.74) is 6.29. The largest absolute Gasteiger partial charge is 0.443 e. The van der Waals surface area contributed by atoms with E-state index in [1.54, 1.807) is 29.1 Å². The first-order valence-electron chi connectivity index (χ1n) is 7.15. The Balaban J connectivity index is 0.000000847. The van der Waals surface area contributed by atoms with Crippen LogP contribution in [0.3, 0.4) is 0 Å². The summed E-state index contributed by atoms with van der Waals surface area (Å²) in [5, 5.41) is 0. The van der Waals surface area contributed by atoms with Crippen LogP contribution >= 0.6 is 0 Å². The quantitative estimate of drug-likeness (QED) is 0.944. The van der Waals surface area contributed by atoms with Crippen molar-refractivity contribution >= 4 is 11.8 Å². The van der Waals surface area contributed by atoms with Gasteiger partial charge in [-0.3, -0.25) is 4.90 Å². The summed E-state index contributed by atoms with van der Waals surface area (Å²) in [5.74, 6) is -0.440. The minimum Gasteiger partial charge on any atom is -0.443 e. The molecular formula is C15H19FN4O2. The van der Waals surface area contributed by atoms with Gasteiger partial charge in [0.1, 0.15) is 11.9 Å². The number of amides is 1. The molecule has 1 aliphatic rings. The summed E-state index contributed by atoms with van der Waals surface area (Å²) in [6, 6.07) is 4.56. The molecule has 1 saturated heterocycles. The summed E-state index contributed by atoms with van der Waals surface area (Å²) in [7, 11) is 0. The molecule has 0 bridgehead atoms. The molecular weight excluding hydrogens is 287 g/mol. The topological polar surface area (TPSA) is 73.4 Å². The van der Waals surface area contributed by atoms with E-state index in [2.05, 4.69) is 4.98 Å². The highest BCUT2D eigenvalue weighted by Crippen LogP contribution is 2.25. The SMILES string of the molecule is CC.NCC1CN(c2ccc(-n3ccnc3)c(F)c2)C(=O)O1. The molecule has 2 aromatic rings. The molecule has 0 radical (unpaired) electrons. The fraction of sp³-hybridized carbons (Fsp3) is 0.333. The van der Waals surface area contributed by atoms with Gasteiger partial charge in [-0.25, -0.2) is 14.2 Å². The average Bonchev–Trinajstić information content (AvgIpc) is 3.18. The number of rotatable bonds is 3. The Morgan fingerprint density at radius 1 is 1.45 bits per heavy atom. The number of carbonyl (C=O) groups is 1. The van der Waals surface area contributed by atoms with Crippen molar-refractivity contribution in [1.82, 2.24) is 9.55 Å². The number of anilines is 1. The van der Waals surface area contributed by atoms with Crippen LogP contribution in [0.4, 0.5) is 14.9 Å². The number of carbonyl (C=O) groups excluding carboxylic acids is 1. The van der Waals surface area contributed by atoms with Crippen molar-refractivity contribution in [2.24, 2.45) is 5.73 Å². The number of cyclic esters (lactones) is 1. The van der Waals surface area contributed by atoms with Crippen LogP contribution in [0, 0.1) is 5.82 Å². The van der Waals surface area contributed by atoms with Crippen LogP contribution in [-0.2, 0) is 4.74 Å². The third-order valence-corrected chi connectivity index (χ3v) is 3.16. The van der Waals surface area contributed by atoms with Gasteiger partial charge in [-0.15, -0.1) is 0 Å². The third kappa shape index (κ3) is 3.09. The third-order valence-electron chi connectivity index (χ3n) is 3.16. The molecule has 2 N–H and O–H groups in total. The Kier molecular flexibility index (Phi) is 5.11. The van der Waals surface area contributed by atoms with E-state index in [0.717, 1.165) is 0 Å². The van der Waals surface area contributed by atoms with Crippen molar-refractivity contribution in [1.29, 1.82) is 0 Å². The van der Waals surface area contributed by atoms with Crippen molar-refractivity contribution in [3.63, 3.8) is 0 Å². The normalized spacial score (nSPS) is 17.0. The van der Waals surface area contributed by atoms with Gasteiger partial charge >= 0.3 is 6.09 Å². The maximum absolute atomic E-state index is 14.1. The number of hydrogen-bond acceptors (Lipinski definition) is 4. The molecule has 1 aliphatic heterocycles. The van der Waals surface area contributed by atoms with Crippen LogP contribution in [-0.4, -0.2) is 34.8 Å². The molecule has 1 atom stereocenters. The Morgan fingerprint density at radius 2 is 2.23 bits per heavy atom. The van der Waals surface area contributed by atoms with Crippen LogP contribution in [0.25, 0.3) is 5.69 Å². The molecule has 3 rings (SSSR count). The van der Waals surface area contributed by atoms with Gasteiger partial charge in [0.25, 0.3) is 0 Å². The van der Waals surface area contributed by atoms with E-state index in [-0.39, 0.29) is 12.6 Å².